The quantitative estimate of drug-likeness (QED) is 0.0429. The van der Waals surface area contributed by atoms with Gasteiger partial charge in [-0.2, -0.15) is 0 Å². The maximum atomic E-state index is 12.8. The van der Waals surface area contributed by atoms with Gasteiger partial charge in [0, 0.05) is 12.8 Å². The molecular weight excluding hydrogens is 696 g/mol. The molecule has 2 aliphatic heterocycles. The Morgan fingerprint density at radius 2 is 0.962 bits per heavy atom. The molecule has 0 amide bonds. The topological polar surface area (TPSA) is 231 Å². The number of hydrogen-bond donors (Lipinski definition) is 7. The van der Waals surface area contributed by atoms with Crippen LogP contribution in [0.2, 0.25) is 0 Å². The van der Waals surface area contributed by atoms with Crippen LogP contribution in [0.25, 0.3) is 0 Å². The minimum atomic E-state index is -1.75. The lowest BCUT2D eigenvalue weighted by atomic mass is 9.98. The molecule has 11 atom stereocenters. The molecule has 15 heteroatoms. The molecular formula is C38H70O15. The number of ether oxygens (including phenoxy) is 6. The van der Waals surface area contributed by atoms with Crippen molar-refractivity contribution in [1.29, 1.82) is 0 Å². The Balaban J connectivity index is 1.85. The van der Waals surface area contributed by atoms with E-state index >= 15 is 0 Å². The van der Waals surface area contributed by atoms with Crippen molar-refractivity contribution >= 4 is 11.9 Å². The molecule has 2 saturated heterocycles. The van der Waals surface area contributed by atoms with Crippen molar-refractivity contribution in [2.24, 2.45) is 0 Å². The van der Waals surface area contributed by atoms with Gasteiger partial charge in [0.15, 0.2) is 18.7 Å². The van der Waals surface area contributed by atoms with Crippen molar-refractivity contribution < 1.29 is 73.8 Å². The Morgan fingerprint density at radius 3 is 1.49 bits per heavy atom. The number of aliphatic hydroxyl groups is 7. The third kappa shape index (κ3) is 18.3. The van der Waals surface area contributed by atoms with Crippen molar-refractivity contribution in [3.8, 4) is 0 Å². The number of carbonyl (C=O) groups is 2. The number of aliphatic hydroxyl groups excluding tert-OH is 7. The van der Waals surface area contributed by atoms with Crippen molar-refractivity contribution in [3.05, 3.63) is 0 Å². The van der Waals surface area contributed by atoms with Gasteiger partial charge in [-0.05, 0) is 12.8 Å². The van der Waals surface area contributed by atoms with Crippen LogP contribution in [0.5, 0.6) is 0 Å². The van der Waals surface area contributed by atoms with E-state index in [0.29, 0.717) is 12.8 Å². The summed E-state index contributed by atoms with van der Waals surface area (Å²) >= 11 is 0. The smallest absolute Gasteiger partial charge is 0.306 e. The van der Waals surface area contributed by atoms with Crippen LogP contribution in [0.1, 0.15) is 136 Å². The van der Waals surface area contributed by atoms with Crippen molar-refractivity contribution in [2.75, 3.05) is 26.4 Å². The molecule has 312 valence electrons. The van der Waals surface area contributed by atoms with E-state index in [1.165, 1.54) is 57.8 Å². The summed E-state index contributed by atoms with van der Waals surface area (Å²) in [6.45, 7) is 2.42. The SMILES string of the molecule is CCCCCCCCCCCCCCCC(=O)O[C@H](COC(=O)CCCCCC)CO[C@@H]1O[C@H](CO[C@H]2O[C@H](CO)[C@H](O)[C@H](O)[C@H]2O)[C@H](O)[C@H](O)[C@H]1O. The van der Waals surface area contributed by atoms with E-state index in [-0.39, 0.29) is 26.1 Å². The highest BCUT2D eigenvalue weighted by Gasteiger charge is 2.47. The van der Waals surface area contributed by atoms with Crippen LogP contribution in [0.3, 0.4) is 0 Å². The van der Waals surface area contributed by atoms with E-state index in [0.717, 1.165) is 38.5 Å². The normalized spacial score (nSPS) is 29.5. The average Bonchev–Trinajstić information content (AvgIpc) is 3.15. The monoisotopic (exact) mass is 766 g/mol. The summed E-state index contributed by atoms with van der Waals surface area (Å²) in [7, 11) is 0. The van der Waals surface area contributed by atoms with Crippen molar-refractivity contribution in [3.63, 3.8) is 0 Å². The maximum absolute atomic E-state index is 12.8. The van der Waals surface area contributed by atoms with Crippen LogP contribution in [-0.4, -0.2) is 142 Å². The Morgan fingerprint density at radius 1 is 0.528 bits per heavy atom. The molecule has 0 aliphatic carbocycles. The van der Waals surface area contributed by atoms with Crippen molar-refractivity contribution in [2.45, 2.75) is 203 Å². The Bertz CT molecular complexity index is 955. The summed E-state index contributed by atoms with van der Waals surface area (Å²) in [5.74, 6) is -0.941. The molecule has 7 N–H and O–H groups in total. The third-order valence-corrected chi connectivity index (χ3v) is 9.84. The lowest BCUT2D eigenvalue weighted by molar-refractivity contribution is -0.332. The third-order valence-electron chi connectivity index (χ3n) is 9.84. The van der Waals surface area contributed by atoms with Crippen LogP contribution in [0.15, 0.2) is 0 Å². The molecule has 2 aliphatic rings. The Hall–Kier alpha value is -1.50. The first kappa shape index (κ1) is 47.7. The highest BCUT2D eigenvalue weighted by Crippen LogP contribution is 2.26. The minimum absolute atomic E-state index is 0.171. The lowest BCUT2D eigenvalue weighted by Gasteiger charge is -2.42. The fourth-order valence-corrected chi connectivity index (χ4v) is 6.39. The van der Waals surface area contributed by atoms with Gasteiger partial charge in [0.1, 0.15) is 55.4 Å². The summed E-state index contributed by atoms with van der Waals surface area (Å²) in [4.78, 5) is 25.2. The number of esters is 2. The van der Waals surface area contributed by atoms with Crippen molar-refractivity contribution in [1.82, 2.24) is 0 Å². The molecule has 2 rings (SSSR count). The summed E-state index contributed by atoms with van der Waals surface area (Å²) in [6, 6.07) is 0. The highest BCUT2D eigenvalue weighted by molar-refractivity contribution is 5.70. The van der Waals surface area contributed by atoms with E-state index in [1.54, 1.807) is 0 Å². The number of carbonyl (C=O) groups excluding carboxylic acids is 2. The standard InChI is InChI=1S/C38H70O15/c1-3-5-7-9-10-11-12-13-14-15-16-17-19-21-30(41)51-26(23-48-29(40)20-18-8-6-4-2)24-49-37-36(47)34(45)32(43)28(53-37)25-50-38-35(46)33(44)31(42)27(22-39)52-38/h26-28,31-39,42-47H,3-25H2,1-2H3/t26-,27-,28-,31+,32+,33+,34+,35-,36-,37-,38+/m1/s1. The van der Waals surface area contributed by atoms with Crippen LogP contribution >= 0.6 is 0 Å². The molecule has 0 saturated carbocycles. The van der Waals surface area contributed by atoms with Gasteiger partial charge in [0.25, 0.3) is 0 Å². The summed E-state index contributed by atoms with van der Waals surface area (Å²) in [6.07, 6.45) is 2.35. The van der Waals surface area contributed by atoms with Crippen LogP contribution < -0.4 is 0 Å². The van der Waals surface area contributed by atoms with E-state index < -0.39 is 92.7 Å². The zero-order valence-corrected chi connectivity index (χ0v) is 32.0. The molecule has 0 aromatic carbocycles. The number of unbranched alkanes of at least 4 members (excludes halogenated alkanes) is 15. The number of hydrogen-bond acceptors (Lipinski definition) is 15. The van der Waals surface area contributed by atoms with Crippen LogP contribution in [0, 0.1) is 0 Å². The zero-order chi connectivity index (χ0) is 39.0. The van der Waals surface area contributed by atoms with E-state index in [1.807, 2.05) is 0 Å². The van der Waals surface area contributed by atoms with Gasteiger partial charge in [0.2, 0.25) is 0 Å². The highest BCUT2D eigenvalue weighted by atomic mass is 16.7. The molecule has 53 heavy (non-hydrogen) atoms. The van der Waals surface area contributed by atoms with Crippen LogP contribution in [0.4, 0.5) is 0 Å². The zero-order valence-electron chi connectivity index (χ0n) is 32.0. The van der Waals surface area contributed by atoms with E-state index in [9.17, 15) is 45.3 Å². The second-order valence-corrected chi connectivity index (χ2v) is 14.5. The summed E-state index contributed by atoms with van der Waals surface area (Å²) < 4.78 is 33.1. The summed E-state index contributed by atoms with van der Waals surface area (Å²) in [5.41, 5.74) is 0. The number of rotatable bonds is 29. The molecule has 0 aromatic heterocycles. The lowest BCUT2D eigenvalue weighted by Crippen LogP contribution is -2.61. The van der Waals surface area contributed by atoms with Gasteiger partial charge in [-0.3, -0.25) is 9.59 Å². The molecule has 0 aromatic rings. The van der Waals surface area contributed by atoms with Gasteiger partial charge in [0.05, 0.1) is 19.8 Å². The predicted molar refractivity (Wildman–Crippen MR) is 192 cm³/mol. The summed E-state index contributed by atoms with van der Waals surface area (Å²) in [5, 5.41) is 71.4. The molecule has 0 unspecified atom stereocenters. The first-order valence-corrected chi connectivity index (χ1v) is 20.1. The Kier molecular flexibility index (Phi) is 25.2. The predicted octanol–water partition coefficient (Wildman–Crippen LogP) is 2.53. The fraction of sp³-hybridized carbons (Fsp3) is 0.947. The molecule has 2 heterocycles. The first-order valence-electron chi connectivity index (χ1n) is 20.1. The van der Waals surface area contributed by atoms with Gasteiger partial charge in [-0.1, -0.05) is 110 Å². The Labute approximate surface area is 315 Å². The van der Waals surface area contributed by atoms with Gasteiger partial charge in [-0.25, -0.2) is 0 Å². The van der Waals surface area contributed by atoms with Crippen LogP contribution in [-0.2, 0) is 38.0 Å². The fourth-order valence-electron chi connectivity index (χ4n) is 6.39. The van der Waals surface area contributed by atoms with E-state index in [4.69, 9.17) is 28.4 Å². The maximum Gasteiger partial charge on any atom is 0.306 e. The molecule has 0 spiro atoms. The molecule has 15 nitrogen and oxygen atoms in total. The van der Waals surface area contributed by atoms with E-state index in [2.05, 4.69) is 13.8 Å². The second-order valence-electron chi connectivity index (χ2n) is 14.5. The largest absolute Gasteiger partial charge is 0.462 e. The molecule has 0 bridgehead atoms. The van der Waals surface area contributed by atoms with Gasteiger partial charge >= 0.3 is 11.9 Å². The molecule has 0 radical (unpaired) electrons. The van der Waals surface area contributed by atoms with Gasteiger partial charge in [-0.15, -0.1) is 0 Å². The first-order chi connectivity index (χ1) is 25.5. The van der Waals surface area contributed by atoms with Gasteiger partial charge < -0.3 is 64.2 Å². The average molecular weight is 767 g/mol. The second kappa shape index (κ2) is 28.0. The minimum Gasteiger partial charge on any atom is -0.462 e. The molecule has 2 fully saturated rings.